The molecule has 3 aromatic heterocycles. The summed E-state index contributed by atoms with van der Waals surface area (Å²) in [5, 5.41) is 21.2. The number of rotatable bonds is 6. The first-order valence-electron chi connectivity index (χ1n) is 10.7. The summed E-state index contributed by atoms with van der Waals surface area (Å²) in [4.78, 5) is 12.4. The highest BCUT2D eigenvalue weighted by atomic mass is 16.5. The number of nitriles is 1. The van der Waals surface area contributed by atoms with Crippen LogP contribution in [0.4, 0.5) is 17.5 Å². The molecule has 0 bridgehead atoms. The first kappa shape index (κ1) is 20.8. The Kier molecular flexibility index (Phi) is 5.54. The lowest BCUT2D eigenvalue weighted by atomic mass is 10.1. The second-order valence-electron chi connectivity index (χ2n) is 7.84. The minimum Gasteiger partial charge on any atom is -0.496 e. The van der Waals surface area contributed by atoms with Gasteiger partial charge in [0.1, 0.15) is 23.3 Å². The number of hydrogen-bond donors (Lipinski definition) is 3. The van der Waals surface area contributed by atoms with Crippen LogP contribution in [0.15, 0.2) is 36.7 Å². The van der Waals surface area contributed by atoms with E-state index in [2.05, 4.69) is 31.8 Å². The SMILES string of the molecule is COc1cc(Nc2nc(NC3CCOCC3)c3c(C#N)c[nH]c3n2)ccc1-c1ccnn1C. The highest BCUT2D eigenvalue weighted by molar-refractivity contribution is 5.93. The van der Waals surface area contributed by atoms with Crippen molar-refractivity contribution in [3.05, 3.63) is 42.2 Å². The second kappa shape index (κ2) is 8.80. The van der Waals surface area contributed by atoms with Gasteiger partial charge >= 0.3 is 0 Å². The van der Waals surface area contributed by atoms with Gasteiger partial charge in [-0.05, 0) is 31.0 Å². The fourth-order valence-electron chi connectivity index (χ4n) is 4.06. The molecule has 3 N–H and O–H groups in total. The zero-order valence-electron chi connectivity index (χ0n) is 18.4. The maximum Gasteiger partial charge on any atom is 0.231 e. The number of methoxy groups -OCH3 is 1. The molecule has 1 aliphatic rings. The number of benzene rings is 1. The Morgan fingerprint density at radius 3 is 2.82 bits per heavy atom. The minimum atomic E-state index is 0.226. The zero-order valence-corrected chi connectivity index (χ0v) is 18.4. The average molecular weight is 444 g/mol. The van der Waals surface area contributed by atoms with Gasteiger partial charge in [0.25, 0.3) is 0 Å². The first-order valence-corrected chi connectivity index (χ1v) is 10.7. The van der Waals surface area contributed by atoms with E-state index in [4.69, 9.17) is 14.5 Å². The van der Waals surface area contributed by atoms with Crippen molar-refractivity contribution in [2.75, 3.05) is 31.0 Å². The smallest absolute Gasteiger partial charge is 0.231 e. The van der Waals surface area contributed by atoms with Crippen LogP contribution in [-0.4, -0.2) is 51.1 Å². The molecular formula is C23H24N8O2. The third-order valence-corrected chi connectivity index (χ3v) is 5.77. The normalized spacial score (nSPS) is 14.2. The lowest BCUT2D eigenvalue weighted by Crippen LogP contribution is -2.28. The fourth-order valence-corrected chi connectivity index (χ4v) is 4.06. The maximum atomic E-state index is 9.53. The monoisotopic (exact) mass is 444 g/mol. The number of anilines is 3. The molecule has 1 saturated heterocycles. The van der Waals surface area contributed by atoms with Gasteiger partial charge in [-0.2, -0.15) is 20.3 Å². The molecule has 1 aromatic carbocycles. The molecule has 0 atom stereocenters. The van der Waals surface area contributed by atoms with Crippen LogP contribution in [0.2, 0.25) is 0 Å². The summed E-state index contributed by atoms with van der Waals surface area (Å²) in [6, 6.07) is 10.2. The van der Waals surface area contributed by atoms with Crippen LogP contribution in [-0.2, 0) is 11.8 Å². The molecule has 10 heteroatoms. The van der Waals surface area contributed by atoms with E-state index < -0.39 is 0 Å². The van der Waals surface area contributed by atoms with Gasteiger partial charge in [0.05, 0.1) is 23.8 Å². The summed E-state index contributed by atoms with van der Waals surface area (Å²) in [6.45, 7) is 1.41. The molecule has 4 heterocycles. The molecule has 0 unspecified atom stereocenters. The fraction of sp³-hybridized carbons (Fsp3) is 0.304. The van der Waals surface area contributed by atoms with Crippen molar-refractivity contribution in [1.82, 2.24) is 24.7 Å². The van der Waals surface area contributed by atoms with Gasteiger partial charge in [-0.3, -0.25) is 4.68 Å². The summed E-state index contributed by atoms with van der Waals surface area (Å²) < 4.78 is 12.9. The van der Waals surface area contributed by atoms with Gasteiger partial charge in [-0.15, -0.1) is 0 Å². The van der Waals surface area contributed by atoms with Crippen molar-refractivity contribution >= 4 is 28.5 Å². The molecule has 168 valence electrons. The highest BCUT2D eigenvalue weighted by Gasteiger charge is 2.19. The number of fused-ring (bicyclic) bond motifs is 1. The number of nitrogens with one attached hydrogen (secondary N) is 3. The summed E-state index contributed by atoms with van der Waals surface area (Å²) in [7, 11) is 3.53. The van der Waals surface area contributed by atoms with Gasteiger partial charge in [-0.25, -0.2) is 0 Å². The van der Waals surface area contributed by atoms with Crippen LogP contribution in [0.1, 0.15) is 18.4 Å². The van der Waals surface area contributed by atoms with E-state index in [1.165, 1.54) is 0 Å². The van der Waals surface area contributed by atoms with Crippen LogP contribution < -0.4 is 15.4 Å². The van der Waals surface area contributed by atoms with Crippen molar-refractivity contribution in [2.24, 2.45) is 7.05 Å². The van der Waals surface area contributed by atoms with E-state index in [1.807, 2.05) is 31.3 Å². The number of aromatic amines is 1. The Morgan fingerprint density at radius 2 is 2.09 bits per heavy atom. The van der Waals surface area contributed by atoms with Crippen LogP contribution in [0, 0.1) is 11.3 Å². The van der Waals surface area contributed by atoms with E-state index in [0.717, 1.165) is 29.8 Å². The number of aromatic nitrogens is 5. The zero-order chi connectivity index (χ0) is 22.8. The molecular weight excluding hydrogens is 420 g/mol. The summed E-state index contributed by atoms with van der Waals surface area (Å²) >= 11 is 0. The Morgan fingerprint density at radius 1 is 1.24 bits per heavy atom. The van der Waals surface area contributed by atoms with Crippen molar-refractivity contribution in [3.8, 4) is 23.1 Å². The van der Waals surface area contributed by atoms with Crippen LogP contribution in [0.3, 0.4) is 0 Å². The summed E-state index contributed by atoms with van der Waals surface area (Å²) in [5.74, 6) is 1.75. The third kappa shape index (κ3) is 4.06. The number of ether oxygens (including phenoxy) is 2. The van der Waals surface area contributed by atoms with E-state index in [-0.39, 0.29) is 6.04 Å². The van der Waals surface area contributed by atoms with Gasteiger partial charge in [-0.1, -0.05) is 0 Å². The third-order valence-electron chi connectivity index (χ3n) is 5.77. The maximum absolute atomic E-state index is 9.53. The number of hydrogen-bond acceptors (Lipinski definition) is 8. The van der Waals surface area contributed by atoms with Gasteiger partial charge < -0.3 is 25.1 Å². The molecule has 0 aliphatic carbocycles. The molecule has 0 saturated carbocycles. The van der Waals surface area contributed by atoms with Gasteiger partial charge in [0, 0.05) is 56.0 Å². The minimum absolute atomic E-state index is 0.226. The van der Waals surface area contributed by atoms with E-state index in [9.17, 15) is 5.26 Å². The molecule has 10 nitrogen and oxygen atoms in total. The largest absolute Gasteiger partial charge is 0.496 e. The topological polar surface area (TPSA) is 126 Å². The Labute approximate surface area is 190 Å². The Bertz CT molecular complexity index is 1330. The summed E-state index contributed by atoms with van der Waals surface area (Å²) in [5.41, 5.74) is 3.77. The lowest BCUT2D eigenvalue weighted by molar-refractivity contribution is 0.0904. The van der Waals surface area contributed by atoms with E-state index in [1.54, 1.807) is 24.2 Å². The first-order chi connectivity index (χ1) is 16.2. The van der Waals surface area contributed by atoms with Crippen LogP contribution in [0.5, 0.6) is 5.75 Å². The summed E-state index contributed by atoms with van der Waals surface area (Å²) in [6.07, 6.45) is 5.17. The predicted molar refractivity (Wildman–Crippen MR) is 125 cm³/mol. The van der Waals surface area contributed by atoms with Crippen molar-refractivity contribution in [2.45, 2.75) is 18.9 Å². The number of nitrogens with zero attached hydrogens (tertiary/aromatic N) is 5. The quantitative estimate of drug-likeness (QED) is 0.412. The van der Waals surface area contributed by atoms with Gasteiger partial charge in [0.15, 0.2) is 0 Å². The van der Waals surface area contributed by atoms with Crippen molar-refractivity contribution < 1.29 is 9.47 Å². The van der Waals surface area contributed by atoms with Crippen molar-refractivity contribution in [3.63, 3.8) is 0 Å². The second-order valence-corrected chi connectivity index (χ2v) is 7.84. The molecule has 5 rings (SSSR count). The molecule has 1 fully saturated rings. The molecule has 1 aliphatic heterocycles. The van der Waals surface area contributed by atoms with Crippen molar-refractivity contribution in [1.29, 1.82) is 5.26 Å². The van der Waals surface area contributed by atoms with Crippen LogP contribution >= 0.6 is 0 Å². The number of H-pyrrole nitrogens is 1. The van der Waals surface area contributed by atoms with Gasteiger partial charge in [0.2, 0.25) is 5.95 Å². The molecule has 0 radical (unpaired) electrons. The standard InChI is InChI=1S/C23H24N8O2/c1-31-18(5-8-26-31)17-4-3-16(11-19(17)32-2)28-23-29-21-20(14(12-24)13-25-21)22(30-23)27-15-6-9-33-10-7-15/h3-5,8,11,13,15H,6-7,9-10H2,1-2H3,(H3,25,27,28,29,30). The number of aryl methyl sites for hydroxylation is 1. The molecule has 0 amide bonds. The Hall–Kier alpha value is -4.10. The van der Waals surface area contributed by atoms with E-state index >= 15 is 0 Å². The highest BCUT2D eigenvalue weighted by Crippen LogP contribution is 2.33. The predicted octanol–water partition coefficient (Wildman–Crippen LogP) is 3.57. The van der Waals surface area contributed by atoms with Crippen LogP contribution in [0.25, 0.3) is 22.3 Å². The molecule has 0 spiro atoms. The average Bonchev–Trinajstić information content (AvgIpc) is 3.45. The molecule has 4 aromatic rings. The Balaban J connectivity index is 1.49. The lowest BCUT2D eigenvalue weighted by Gasteiger charge is -2.24. The molecule has 33 heavy (non-hydrogen) atoms. The van der Waals surface area contributed by atoms with E-state index in [0.29, 0.717) is 47.3 Å².